The van der Waals surface area contributed by atoms with Gasteiger partial charge in [-0.2, -0.15) is 0 Å². The minimum atomic E-state index is -0.966. The highest BCUT2D eigenvalue weighted by atomic mass is 19.1. The largest absolute Gasteiger partial charge is 0.395 e. The number of aliphatic hydroxyl groups excluding tert-OH is 1. The highest BCUT2D eigenvalue weighted by Gasteiger charge is 2.19. The second-order valence-corrected chi connectivity index (χ2v) is 3.97. The molecule has 0 saturated heterocycles. The molecule has 0 aromatic heterocycles. The van der Waals surface area contributed by atoms with Crippen LogP contribution in [0.5, 0.6) is 0 Å². The Morgan fingerprint density at radius 1 is 1.40 bits per heavy atom. The third kappa shape index (κ3) is 3.86. The molecule has 0 aliphatic heterocycles. The lowest BCUT2D eigenvalue weighted by atomic mass is 10.1. The van der Waals surface area contributed by atoms with Gasteiger partial charge in [-0.1, -0.05) is 0 Å². The molecule has 0 saturated carbocycles. The van der Waals surface area contributed by atoms with Crippen molar-refractivity contribution >= 4 is 11.6 Å². The summed E-state index contributed by atoms with van der Waals surface area (Å²) in [5.41, 5.74) is 1.21. The number of nitrogens with one attached hydrogen (secondary N) is 1. The van der Waals surface area contributed by atoms with Crippen molar-refractivity contribution in [1.82, 2.24) is 4.90 Å². The Kier molecular flexibility index (Phi) is 6.29. The summed E-state index contributed by atoms with van der Waals surface area (Å²) in [5.74, 6) is 2.44. The van der Waals surface area contributed by atoms with Crippen LogP contribution in [0, 0.1) is 11.6 Å². The number of methoxy groups -OCH3 is 1. The molecule has 6 nitrogen and oxygen atoms in total. The molecule has 0 fully saturated rings. The first-order valence-corrected chi connectivity index (χ1v) is 5.89. The van der Waals surface area contributed by atoms with Crippen LogP contribution in [0.15, 0.2) is 12.1 Å². The van der Waals surface area contributed by atoms with Gasteiger partial charge < -0.3 is 20.2 Å². The zero-order chi connectivity index (χ0) is 15.1. The zero-order valence-electron chi connectivity index (χ0n) is 11.0. The van der Waals surface area contributed by atoms with E-state index in [1.54, 1.807) is 0 Å². The molecule has 0 bridgehead atoms. The van der Waals surface area contributed by atoms with Gasteiger partial charge in [0.1, 0.15) is 5.69 Å². The van der Waals surface area contributed by atoms with Crippen molar-refractivity contribution < 1.29 is 23.4 Å². The van der Waals surface area contributed by atoms with Crippen LogP contribution in [0.25, 0.3) is 0 Å². The number of anilines is 1. The van der Waals surface area contributed by atoms with Crippen LogP contribution in [-0.4, -0.2) is 49.3 Å². The molecular formula is C12H17F2N3O3. The molecule has 0 spiro atoms. The molecule has 1 amide bonds. The number of nitrogens with zero attached hydrogens (tertiary/aromatic N) is 1. The third-order valence-corrected chi connectivity index (χ3v) is 2.66. The summed E-state index contributed by atoms with van der Waals surface area (Å²) in [7, 11) is 1.46. The molecule has 0 atom stereocenters. The molecule has 1 aromatic rings. The van der Waals surface area contributed by atoms with E-state index in [0.29, 0.717) is 0 Å². The van der Waals surface area contributed by atoms with E-state index in [2.05, 4.69) is 0 Å². The van der Waals surface area contributed by atoms with Crippen LogP contribution in [0.3, 0.4) is 0 Å². The van der Waals surface area contributed by atoms with Gasteiger partial charge in [-0.3, -0.25) is 10.6 Å². The maximum atomic E-state index is 13.5. The standard InChI is InChI=1S/C12H17F2N3O3/c1-20-5-3-17(2-4-18)12(19)8-6-9(13)11(16-15)10(14)7-8/h6-7,16,18H,2-5,15H2,1H3. The summed E-state index contributed by atoms with van der Waals surface area (Å²) < 4.78 is 31.9. The van der Waals surface area contributed by atoms with Crippen LogP contribution in [-0.2, 0) is 4.74 Å². The lowest BCUT2D eigenvalue weighted by Gasteiger charge is -2.21. The molecule has 1 aromatic carbocycles. The number of hydrogen-bond acceptors (Lipinski definition) is 5. The minimum absolute atomic E-state index is 0.0440. The number of hydrazine groups is 1. The molecule has 0 aliphatic rings. The summed E-state index contributed by atoms with van der Waals surface area (Å²) in [6.45, 7) is 0.236. The number of halogens is 2. The van der Waals surface area contributed by atoms with Gasteiger partial charge in [0.15, 0.2) is 11.6 Å². The van der Waals surface area contributed by atoms with E-state index >= 15 is 0 Å². The number of amides is 1. The average molecular weight is 289 g/mol. The lowest BCUT2D eigenvalue weighted by molar-refractivity contribution is 0.0655. The molecular weight excluding hydrogens is 272 g/mol. The van der Waals surface area contributed by atoms with Gasteiger partial charge in [0, 0.05) is 25.8 Å². The number of hydrogen-bond donors (Lipinski definition) is 3. The van der Waals surface area contributed by atoms with Gasteiger partial charge in [-0.25, -0.2) is 8.78 Å². The lowest BCUT2D eigenvalue weighted by Crippen LogP contribution is -2.36. The number of nitrogen functional groups attached to an aromatic ring is 1. The SMILES string of the molecule is COCCN(CCO)C(=O)c1cc(F)c(NN)c(F)c1. The van der Waals surface area contributed by atoms with E-state index in [9.17, 15) is 13.6 Å². The van der Waals surface area contributed by atoms with Crippen LogP contribution < -0.4 is 11.3 Å². The molecule has 8 heteroatoms. The van der Waals surface area contributed by atoms with Crippen LogP contribution in [0.1, 0.15) is 10.4 Å². The van der Waals surface area contributed by atoms with Gasteiger partial charge in [0.25, 0.3) is 5.91 Å². The molecule has 4 N–H and O–H groups in total. The quantitative estimate of drug-likeness (QED) is 0.497. The van der Waals surface area contributed by atoms with Crippen LogP contribution in [0.4, 0.5) is 14.5 Å². The van der Waals surface area contributed by atoms with Crippen molar-refractivity contribution in [3.63, 3.8) is 0 Å². The normalized spacial score (nSPS) is 10.4. The number of nitrogens with two attached hydrogens (primary N) is 1. The van der Waals surface area contributed by atoms with Crippen molar-refractivity contribution in [1.29, 1.82) is 0 Å². The van der Waals surface area contributed by atoms with E-state index in [-0.39, 0.29) is 31.9 Å². The van der Waals surface area contributed by atoms with Gasteiger partial charge in [0.05, 0.1) is 13.2 Å². The second-order valence-electron chi connectivity index (χ2n) is 3.97. The predicted molar refractivity (Wildman–Crippen MR) is 69.0 cm³/mol. The first kappa shape index (κ1) is 16.3. The molecule has 0 radical (unpaired) electrons. The Hall–Kier alpha value is -1.77. The first-order valence-electron chi connectivity index (χ1n) is 5.89. The van der Waals surface area contributed by atoms with Crippen molar-refractivity contribution in [2.24, 2.45) is 5.84 Å². The Labute approximate surface area is 115 Å². The van der Waals surface area contributed by atoms with Crippen molar-refractivity contribution in [3.05, 3.63) is 29.3 Å². The summed E-state index contributed by atoms with van der Waals surface area (Å²) in [6.07, 6.45) is 0. The maximum absolute atomic E-state index is 13.5. The summed E-state index contributed by atoms with van der Waals surface area (Å²) in [6, 6.07) is 1.77. The summed E-state index contributed by atoms with van der Waals surface area (Å²) in [5, 5.41) is 8.91. The Balaban J connectivity index is 2.99. The predicted octanol–water partition coefficient (Wildman–Crippen LogP) is 0.331. The van der Waals surface area contributed by atoms with E-state index < -0.39 is 23.2 Å². The van der Waals surface area contributed by atoms with Crippen molar-refractivity contribution in [2.75, 3.05) is 38.8 Å². The number of benzene rings is 1. The van der Waals surface area contributed by atoms with Gasteiger partial charge in [0.2, 0.25) is 0 Å². The molecule has 0 aliphatic carbocycles. The van der Waals surface area contributed by atoms with Crippen LogP contribution in [0.2, 0.25) is 0 Å². The second kappa shape index (κ2) is 7.73. The first-order chi connectivity index (χ1) is 9.54. The monoisotopic (exact) mass is 289 g/mol. The van der Waals surface area contributed by atoms with Gasteiger partial charge >= 0.3 is 0 Å². The number of aliphatic hydroxyl groups is 1. The van der Waals surface area contributed by atoms with Crippen molar-refractivity contribution in [3.8, 4) is 0 Å². The number of rotatable bonds is 7. The van der Waals surface area contributed by atoms with Gasteiger partial charge in [-0.15, -0.1) is 0 Å². The smallest absolute Gasteiger partial charge is 0.254 e. The van der Waals surface area contributed by atoms with E-state index in [1.165, 1.54) is 12.0 Å². The fourth-order valence-corrected chi connectivity index (χ4v) is 1.65. The summed E-state index contributed by atoms with van der Waals surface area (Å²) in [4.78, 5) is 13.4. The van der Waals surface area contributed by atoms with Crippen LogP contribution >= 0.6 is 0 Å². The number of carbonyl (C=O) groups is 1. The van der Waals surface area contributed by atoms with E-state index in [1.807, 2.05) is 5.43 Å². The molecule has 112 valence electrons. The zero-order valence-corrected chi connectivity index (χ0v) is 11.0. The topological polar surface area (TPSA) is 87.8 Å². The highest BCUT2D eigenvalue weighted by Crippen LogP contribution is 2.20. The Bertz CT molecular complexity index is 448. The molecule has 1 rings (SSSR count). The minimum Gasteiger partial charge on any atom is -0.395 e. The van der Waals surface area contributed by atoms with Gasteiger partial charge in [-0.05, 0) is 12.1 Å². The van der Waals surface area contributed by atoms with E-state index in [4.69, 9.17) is 15.7 Å². The van der Waals surface area contributed by atoms with E-state index in [0.717, 1.165) is 12.1 Å². The maximum Gasteiger partial charge on any atom is 0.254 e. The molecule has 20 heavy (non-hydrogen) atoms. The highest BCUT2D eigenvalue weighted by molar-refractivity contribution is 5.94. The number of carbonyl (C=O) groups excluding carboxylic acids is 1. The fraction of sp³-hybridized carbons (Fsp3) is 0.417. The van der Waals surface area contributed by atoms with Crippen molar-refractivity contribution in [2.45, 2.75) is 0 Å². The number of ether oxygens (including phenoxy) is 1. The fourth-order valence-electron chi connectivity index (χ4n) is 1.65. The molecule has 0 unspecified atom stereocenters. The Morgan fingerprint density at radius 3 is 2.45 bits per heavy atom. The summed E-state index contributed by atoms with van der Waals surface area (Å²) >= 11 is 0. The average Bonchev–Trinajstić information content (AvgIpc) is 2.42. The Morgan fingerprint density at radius 2 is 2.00 bits per heavy atom. The molecule has 0 heterocycles. The third-order valence-electron chi connectivity index (χ3n) is 2.66.